The summed E-state index contributed by atoms with van der Waals surface area (Å²) >= 11 is 1.57. The lowest BCUT2D eigenvalue weighted by molar-refractivity contribution is -0.139. The average Bonchev–Trinajstić information content (AvgIpc) is 3.29. The minimum Gasteiger partial charge on any atom is -0.480 e. The number of nitrogens with one attached hydrogen (secondary N) is 2. The summed E-state index contributed by atoms with van der Waals surface area (Å²) in [6.07, 6.45) is 0.00558. The molecule has 0 aliphatic rings. The van der Waals surface area contributed by atoms with Crippen LogP contribution < -0.4 is 10.6 Å². The van der Waals surface area contributed by atoms with Gasteiger partial charge in [0.15, 0.2) is 0 Å². The Morgan fingerprint density at radius 3 is 2.47 bits per heavy atom. The van der Waals surface area contributed by atoms with Crippen LogP contribution >= 0.6 is 11.3 Å². The Kier molecular flexibility index (Phi) is 7.48. The summed E-state index contributed by atoms with van der Waals surface area (Å²) in [5.74, 6) is -2.04. The van der Waals surface area contributed by atoms with Gasteiger partial charge in [0.2, 0.25) is 5.91 Å². The van der Waals surface area contributed by atoms with E-state index in [1.807, 2.05) is 53.9 Å². The van der Waals surface area contributed by atoms with Crippen molar-refractivity contribution in [2.75, 3.05) is 0 Å². The van der Waals surface area contributed by atoms with Crippen LogP contribution in [-0.4, -0.2) is 28.9 Å². The third-order valence-corrected chi connectivity index (χ3v) is 5.46. The first-order chi connectivity index (χ1) is 14.5. The van der Waals surface area contributed by atoms with Crippen molar-refractivity contribution in [3.05, 3.63) is 83.2 Å². The summed E-state index contributed by atoms with van der Waals surface area (Å²) in [6.45, 7) is 0.383. The summed E-state index contributed by atoms with van der Waals surface area (Å²) < 4.78 is 0. The third kappa shape index (κ3) is 6.10. The first-order valence-electron chi connectivity index (χ1n) is 9.51. The van der Waals surface area contributed by atoms with Crippen molar-refractivity contribution < 1.29 is 19.5 Å². The zero-order chi connectivity index (χ0) is 21.3. The molecule has 3 aromatic rings. The van der Waals surface area contributed by atoms with E-state index in [1.165, 1.54) is 0 Å². The van der Waals surface area contributed by atoms with E-state index in [2.05, 4.69) is 10.6 Å². The Morgan fingerprint density at radius 2 is 1.77 bits per heavy atom. The summed E-state index contributed by atoms with van der Waals surface area (Å²) in [6, 6.07) is 19.5. The smallest absolute Gasteiger partial charge is 0.320 e. The highest BCUT2D eigenvalue weighted by molar-refractivity contribution is 7.13. The molecule has 0 aliphatic heterocycles. The van der Waals surface area contributed by atoms with Gasteiger partial charge in [0.25, 0.3) is 5.91 Å². The van der Waals surface area contributed by atoms with Crippen LogP contribution in [0.5, 0.6) is 0 Å². The molecule has 2 amide bonds. The predicted octanol–water partition coefficient (Wildman–Crippen LogP) is 3.69. The van der Waals surface area contributed by atoms with E-state index >= 15 is 0 Å². The van der Waals surface area contributed by atoms with Gasteiger partial charge in [0, 0.05) is 23.4 Å². The molecule has 0 radical (unpaired) electrons. The molecule has 30 heavy (non-hydrogen) atoms. The van der Waals surface area contributed by atoms with Crippen LogP contribution in [0.25, 0.3) is 10.4 Å². The van der Waals surface area contributed by atoms with Crippen molar-refractivity contribution in [1.82, 2.24) is 10.6 Å². The van der Waals surface area contributed by atoms with Crippen LogP contribution in [0.1, 0.15) is 28.8 Å². The fourth-order valence-corrected chi connectivity index (χ4v) is 3.67. The highest BCUT2D eigenvalue weighted by Gasteiger charge is 2.19. The molecular formula is C23H22N2O4S. The molecule has 2 aromatic carbocycles. The van der Waals surface area contributed by atoms with Crippen LogP contribution in [0.4, 0.5) is 0 Å². The van der Waals surface area contributed by atoms with Gasteiger partial charge in [-0.1, -0.05) is 48.5 Å². The number of carbonyl (C=O) groups excluding carboxylic acids is 2. The lowest BCUT2D eigenvalue weighted by Gasteiger charge is -2.14. The number of thiophene rings is 1. The van der Waals surface area contributed by atoms with Crippen molar-refractivity contribution in [3.63, 3.8) is 0 Å². The Morgan fingerprint density at radius 1 is 0.967 bits per heavy atom. The van der Waals surface area contributed by atoms with E-state index in [0.29, 0.717) is 12.1 Å². The molecule has 1 aromatic heterocycles. The second-order valence-corrected chi connectivity index (χ2v) is 7.68. The van der Waals surface area contributed by atoms with E-state index in [9.17, 15) is 19.5 Å². The van der Waals surface area contributed by atoms with Gasteiger partial charge in [-0.15, -0.1) is 11.3 Å². The number of aliphatic carboxylic acids is 1. The molecule has 0 saturated heterocycles. The highest BCUT2D eigenvalue weighted by Crippen LogP contribution is 2.25. The topological polar surface area (TPSA) is 95.5 Å². The molecule has 0 fully saturated rings. The molecule has 3 N–H and O–H groups in total. The maximum atomic E-state index is 12.4. The van der Waals surface area contributed by atoms with Gasteiger partial charge in [-0.2, -0.15) is 0 Å². The van der Waals surface area contributed by atoms with Crippen LogP contribution in [0, 0.1) is 0 Å². The van der Waals surface area contributed by atoms with Gasteiger partial charge in [0.05, 0.1) is 0 Å². The summed E-state index contributed by atoms with van der Waals surface area (Å²) in [5.41, 5.74) is 2.24. The Balaban J connectivity index is 1.52. The molecular weight excluding hydrogens is 400 g/mol. The lowest BCUT2D eigenvalue weighted by atomic mass is 10.1. The molecule has 0 spiro atoms. The number of hydrogen-bond acceptors (Lipinski definition) is 5. The normalized spacial score (nSPS) is 11.6. The van der Waals surface area contributed by atoms with Crippen LogP contribution in [0.15, 0.2) is 72.1 Å². The zero-order valence-corrected chi connectivity index (χ0v) is 17.0. The number of hydrogen-bond donors (Lipinski definition) is 3. The van der Waals surface area contributed by atoms with Gasteiger partial charge >= 0.3 is 5.97 Å². The summed E-state index contributed by atoms with van der Waals surface area (Å²) in [5, 5.41) is 16.6. The molecule has 154 valence electrons. The van der Waals surface area contributed by atoms with E-state index in [4.69, 9.17) is 0 Å². The summed E-state index contributed by atoms with van der Waals surface area (Å²) in [4.78, 5) is 37.1. The molecule has 1 atom stereocenters. The average molecular weight is 423 g/mol. The van der Waals surface area contributed by atoms with Crippen LogP contribution in [0.3, 0.4) is 0 Å². The van der Waals surface area contributed by atoms with Gasteiger partial charge in [-0.3, -0.25) is 19.7 Å². The largest absolute Gasteiger partial charge is 0.480 e. The minimum atomic E-state index is -1.03. The Hall–Kier alpha value is -3.29. The first kappa shape index (κ1) is 21.4. The SMILES string of the molecule is O=C(CC[C@H](NCc1ccccc1)C(=O)O)NC(=O)c1cccc(-c2cccs2)c1. The van der Waals surface area contributed by atoms with Gasteiger partial charge in [-0.05, 0) is 41.1 Å². The number of benzene rings is 2. The second-order valence-electron chi connectivity index (χ2n) is 6.73. The standard InChI is InChI=1S/C23H22N2O4S/c26-21(12-11-19(23(28)29)24-15-16-6-2-1-3-7-16)25-22(27)18-9-4-8-17(14-18)20-10-5-13-30-20/h1-10,13-14,19,24H,11-12,15H2,(H,28,29)(H,25,26,27)/t19-/m0/s1. The first-order valence-corrected chi connectivity index (χ1v) is 10.4. The van der Waals surface area contributed by atoms with E-state index in [-0.39, 0.29) is 12.8 Å². The van der Waals surface area contributed by atoms with Gasteiger partial charge < -0.3 is 10.4 Å². The van der Waals surface area contributed by atoms with E-state index in [1.54, 1.807) is 29.5 Å². The van der Waals surface area contributed by atoms with E-state index in [0.717, 1.165) is 16.0 Å². The highest BCUT2D eigenvalue weighted by atomic mass is 32.1. The number of carbonyl (C=O) groups is 3. The van der Waals surface area contributed by atoms with Crippen molar-refractivity contribution >= 4 is 29.1 Å². The lowest BCUT2D eigenvalue weighted by Crippen LogP contribution is -2.38. The minimum absolute atomic E-state index is 0.0743. The predicted molar refractivity (Wildman–Crippen MR) is 116 cm³/mol. The maximum Gasteiger partial charge on any atom is 0.320 e. The molecule has 0 aliphatic carbocycles. The number of carboxylic acid groups (broad SMARTS) is 1. The Bertz CT molecular complexity index is 1000. The molecule has 0 unspecified atom stereocenters. The summed E-state index contributed by atoms with van der Waals surface area (Å²) in [7, 11) is 0. The van der Waals surface area contributed by atoms with Crippen molar-refractivity contribution in [1.29, 1.82) is 0 Å². The van der Waals surface area contributed by atoms with Crippen LogP contribution in [0.2, 0.25) is 0 Å². The Labute approximate surface area is 178 Å². The zero-order valence-electron chi connectivity index (χ0n) is 16.2. The van der Waals surface area contributed by atoms with Gasteiger partial charge in [-0.25, -0.2) is 0 Å². The van der Waals surface area contributed by atoms with Gasteiger partial charge in [0.1, 0.15) is 6.04 Å². The fraction of sp³-hybridized carbons (Fsp3) is 0.174. The van der Waals surface area contributed by atoms with Crippen molar-refractivity contribution in [2.24, 2.45) is 0 Å². The molecule has 0 saturated carbocycles. The van der Waals surface area contributed by atoms with E-state index < -0.39 is 23.8 Å². The monoisotopic (exact) mass is 422 g/mol. The maximum absolute atomic E-state index is 12.4. The number of imide groups is 1. The molecule has 1 heterocycles. The second kappa shape index (κ2) is 10.5. The number of carboxylic acids is 1. The molecule has 0 bridgehead atoms. The number of rotatable bonds is 9. The molecule has 6 nitrogen and oxygen atoms in total. The molecule has 7 heteroatoms. The fourth-order valence-electron chi connectivity index (χ4n) is 2.94. The number of amides is 2. The van der Waals surface area contributed by atoms with Crippen molar-refractivity contribution in [3.8, 4) is 10.4 Å². The van der Waals surface area contributed by atoms with Crippen molar-refractivity contribution in [2.45, 2.75) is 25.4 Å². The molecule has 3 rings (SSSR count). The quantitative estimate of drug-likeness (QED) is 0.489. The van der Waals surface area contributed by atoms with Crippen LogP contribution in [-0.2, 0) is 16.1 Å². The third-order valence-electron chi connectivity index (χ3n) is 4.54.